The molecule has 2 unspecified atom stereocenters. The first-order valence-corrected chi connectivity index (χ1v) is 10.0. The molecule has 6 nitrogen and oxygen atoms in total. The van der Waals surface area contributed by atoms with Crippen LogP contribution in [0.2, 0.25) is 0 Å². The molecule has 6 heteroatoms. The number of carbonyl (C=O) groups is 2. The minimum absolute atomic E-state index is 0.0495. The monoisotopic (exact) mass is 383 g/mol. The number of furan rings is 1. The van der Waals surface area contributed by atoms with Crippen LogP contribution in [-0.2, 0) is 4.79 Å². The van der Waals surface area contributed by atoms with E-state index in [2.05, 4.69) is 15.5 Å². The molecule has 28 heavy (non-hydrogen) atoms. The van der Waals surface area contributed by atoms with Crippen molar-refractivity contribution in [3.05, 3.63) is 60.1 Å². The average Bonchev–Trinajstić information content (AvgIpc) is 3.24. The maximum absolute atomic E-state index is 12.4. The number of carbonyl (C=O) groups excluding carboxylic acids is 2. The lowest BCUT2D eigenvalue weighted by atomic mass is 10.1. The second-order valence-corrected chi connectivity index (χ2v) is 7.38. The molecule has 0 saturated carbocycles. The fraction of sp³-hybridized carbons (Fsp3) is 0.455. The Balaban J connectivity index is 1.49. The second kappa shape index (κ2) is 10.1. The predicted molar refractivity (Wildman–Crippen MR) is 108 cm³/mol. The maximum Gasteiger partial charge on any atom is 0.251 e. The zero-order valence-electron chi connectivity index (χ0n) is 16.4. The zero-order chi connectivity index (χ0) is 19.8. The lowest BCUT2D eigenvalue weighted by Gasteiger charge is -2.33. The summed E-state index contributed by atoms with van der Waals surface area (Å²) < 4.78 is 5.61. The minimum Gasteiger partial charge on any atom is -0.468 e. The first kappa shape index (κ1) is 20.1. The fourth-order valence-electron chi connectivity index (χ4n) is 3.63. The molecule has 3 rings (SSSR count). The molecule has 1 aromatic carbocycles. The first-order chi connectivity index (χ1) is 13.6. The summed E-state index contributed by atoms with van der Waals surface area (Å²) in [4.78, 5) is 27.0. The van der Waals surface area contributed by atoms with Crippen LogP contribution in [-0.4, -0.2) is 42.4 Å². The Morgan fingerprint density at radius 1 is 1.07 bits per heavy atom. The Bertz CT molecular complexity index is 740. The van der Waals surface area contributed by atoms with Gasteiger partial charge in [0.25, 0.3) is 5.91 Å². The number of benzene rings is 1. The summed E-state index contributed by atoms with van der Waals surface area (Å²) in [6.07, 6.45) is 5.52. The predicted octanol–water partition coefficient (Wildman–Crippen LogP) is 3.13. The summed E-state index contributed by atoms with van der Waals surface area (Å²) in [7, 11) is 0. The van der Waals surface area contributed by atoms with Crippen LogP contribution >= 0.6 is 0 Å². The number of nitrogens with one attached hydrogen (secondary N) is 2. The van der Waals surface area contributed by atoms with E-state index in [-0.39, 0.29) is 30.3 Å². The van der Waals surface area contributed by atoms with Crippen LogP contribution in [0, 0.1) is 0 Å². The Kier molecular flexibility index (Phi) is 7.25. The molecule has 2 amide bonds. The highest BCUT2D eigenvalue weighted by atomic mass is 16.3. The van der Waals surface area contributed by atoms with Gasteiger partial charge in [0.2, 0.25) is 5.91 Å². The topological polar surface area (TPSA) is 74.6 Å². The molecule has 1 aromatic heterocycles. The van der Waals surface area contributed by atoms with Gasteiger partial charge >= 0.3 is 0 Å². The lowest BCUT2D eigenvalue weighted by Crippen LogP contribution is -2.42. The standard InChI is InChI=1S/C22H29N3O3/c1-17(24-22(27)18-9-4-2-5-10-18)15-21(26)23-16-19(20-11-8-14-28-20)25-12-6-3-7-13-25/h2,4-5,8-11,14,17,19H,3,6-7,12-13,15-16H2,1H3,(H,23,26)(H,24,27). The normalized spacial score (nSPS) is 16.9. The quantitative estimate of drug-likeness (QED) is 0.734. The number of hydrogen-bond donors (Lipinski definition) is 2. The molecule has 1 saturated heterocycles. The summed E-state index contributed by atoms with van der Waals surface area (Å²) >= 11 is 0. The number of rotatable bonds is 8. The van der Waals surface area contributed by atoms with E-state index in [0.717, 1.165) is 18.8 Å². The van der Waals surface area contributed by atoms with Crippen LogP contribution < -0.4 is 10.6 Å². The summed E-state index contributed by atoms with van der Waals surface area (Å²) in [6, 6.07) is 12.7. The maximum atomic E-state index is 12.4. The molecule has 0 radical (unpaired) electrons. The van der Waals surface area contributed by atoms with Crippen molar-refractivity contribution in [1.29, 1.82) is 0 Å². The smallest absolute Gasteiger partial charge is 0.251 e. The van der Waals surface area contributed by atoms with Crippen molar-refractivity contribution in [1.82, 2.24) is 15.5 Å². The van der Waals surface area contributed by atoms with Crippen molar-refractivity contribution in [3.63, 3.8) is 0 Å². The van der Waals surface area contributed by atoms with Gasteiger partial charge in [-0.15, -0.1) is 0 Å². The van der Waals surface area contributed by atoms with E-state index in [0.29, 0.717) is 12.1 Å². The first-order valence-electron chi connectivity index (χ1n) is 10.0. The third-order valence-corrected chi connectivity index (χ3v) is 5.10. The Morgan fingerprint density at radius 3 is 2.50 bits per heavy atom. The molecule has 0 spiro atoms. The van der Waals surface area contributed by atoms with Gasteiger partial charge in [-0.3, -0.25) is 14.5 Å². The van der Waals surface area contributed by atoms with E-state index >= 15 is 0 Å². The molecule has 150 valence electrons. The third-order valence-electron chi connectivity index (χ3n) is 5.10. The fourth-order valence-corrected chi connectivity index (χ4v) is 3.63. The molecule has 2 atom stereocenters. The number of likely N-dealkylation sites (tertiary alicyclic amines) is 1. The highest BCUT2D eigenvalue weighted by Gasteiger charge is 2.25. The molecule has 1 aliphatic heterocycles. The van der Waals surface area contributed by atoms with Gasteiger partial charge in [-0.1, -0.05) is 24.6 Å². The molecular weight excluding hydrogens is 354 g/mol. The van der Waals surface area contributed by atoms with Crippen LogP contribution in [0.4, 0.5) is 0 Å². The molecule has 0 aliphatic carbocycles. The van der Waals surface area contributed by atoms with E-state index in [1.54, 1.807) is 18.4 Å². The summed E-state index contributed by atoms with van der Waals surface area (Å²) in [5.74, 6) is 0.643. The van der Waals surface area contributed by atoms with Gasteiger partial charge in [0, 0.05) is 24.6 Å². The van der Waals surface area contributed by atoms with Crippen LogP contribution in [0.5, 0.6) is 0 Å². The lowest BCUT2D eigenvalue weighted by molar-refractivity contribution is -0.121. The van der Waals surface area contributed by atoms with E-state index < -0.39 is 0 Å². The second-order valence-electron chi connectivity index (χ2n) is 7.38. The van der Waals surface area contributed by atoms with Crippen molar-refractivity contribution >= 4 is 11.8 Å². The van der Waals surface area contributed by atoms with Crippen molar-refractivity contribution < 1.29 is 14.0 Å². The van der Waals surface area contributed by atoms with Gasteiger partial charge in [-0.25, -0.2) is 0 Å². The Hall–Kier alpha value is -2.60. The number of nitrogens with zero attached hydrogens (tertiary/aromatic N) is 1. The minimum atomic E-state index is -0.246. The van der Waals surface area contributed by atoms with E-state index in [9.17, 15) is 9.59 Å². The number of hydrogen-bond acceptors (Lipinski definition) is 4. The van der Waals surface area contributed by atoms with Gasteiger partial charge in [-0.2, -0.15) is 0 Å². The number of piperidine rings is 1. The number of amides is 2. The third kappa shape index (κ3) is 5.70. The molecule has 2 heterocycles. The molecule has 2 N–H and O–H groups in total. The van der Waals surface area contributed by atoms with Crippen LogP contribution in [0.3, 0.4) is 0 Å². The highest BCUT2D eigenvalue weighted by Crippen LogP contribution is 2.24. The average molecular weight is 383 g/mol. The molecule has 0 bridgehead atoms. The zero-order valence-corrected chi connectivity index (χ0v) is 16.4. The van der Waals surface area contributed by atoms with Crippen LogP contribution in [0.15, 0.2) is 53.1 Å². The van der Waals surface area contributed by atoms with Crippen molar-refractivity contribution in [2.75, 3.05) is 19.6 Å². The summed E-state index contributed by atoms with van der Waals surface area (Å²) in [5.41, 5.74) is 0.595. The molecular formula is C22H29N3O3. The highest BCUT2D eigenvalue weighted by molar-refractivity contribution is 5.94. The van der Waals surface area contributed by atoms with Gasteiger partial charge in [0.1, 0.15) is 5.76 Å². The van der Waals surface area contributed by atoms with Crippen LogP contribution in [0.25, 0.3) is 0 Å². The van der Waals surface area contributed by atoms with E-state index in [1.165, 1.54) is 19.3 Å². The molecule has 1 aliphatic rings. The Labute approximate surface area is 166 Å². The van der Waals surface area contributed by atoms with E-state index in [4.69, 9.17) is 4.42 Å². The SMILES string of the molecule is CC(CC(=O)NCC(c1ccco1)N1CCCCC1)NC(=O)c1ccccc1. The van der Waals surface area contributed by atoms with Gasteiger partial charge in [0.05, 0.1) is 12.3 Å². The van der Waals surface area contributed by atoms with Crippen LogP contribution in [0.1, 0.15) is 54.8 Å². The van der Waals surface area contributed by atoms with Gasteiger partial charge in [-0.05, 0) is 57.1 Å². The van der Waals surface area contributed by atoms with Gasteiger partial charge < -0.3 is 15.1 Å². The van der Waals surface area contributed by atoms with Crippen molar-refractivity contribution in [3.8, 4) is 0 Å². The largest absolute Gasteiger partial charge is 0.468 e. The van der Waals surface area contributed by atoms with Crippen molar-refractivity contribution in [2.45, 2.75) is 44.7 Å². The summed E-state index contributed by atoms with van der Waals surface area (Å²) in [5, 5.41) is 5.90. The molecule has 2 aromatic rings. The molecule has 1 fully saturated rings. The van der Waals surface area contributed by atoms with Crippen molar-refractivity contribution in [2.24, 2.45) is 0 Å². The summed E-state index contributed by atoms with van der Waals surface area (Å²) in [6.45, 7) is 4.39. The van der Waals surface area contributed by atoms with E-state index in [1.807, 2.05) is 37.3 Å². The Morgan fingerprint density at radius 2 is 1.82 bits per heavy atom. The van der Waals surface area contributed by atoms with Gasteiger partial charge in [0.15, 0.2) is 0 Å².